The van der Waals surface area contributed by atoms with E-state index in [1.54, 1.807) is 23.9 Å². The highest BCUT2D eigenvalue weighted by Gasteiger charge is 2.39. The first-order chi connectivity index (χ1) is 11.9. The summed E-state index contributed by atoms with van der Waals surface area (Å²) < 4.78 is 22.6. The molecule has 0 saturated carbocycles. The van der Waals surface area contributed by atoms with Crippen molar-refractivity contribution in [2.24, 2.45) is 4.99 Å². The van der Waals surface area contributed by atoms with Crippen LogP contribution in [0.15, 0.2) is 29.3 Å². The predicted octanol–water partition coefficient (Wildman–Crippen LogP) is 2.85. The first-order valence-corrected chi connectivity index (χ1v) is 10.3. The van der Waals surface area contributed by atoms with Gasteiger partial charge < -0.3 is 9.19 Å². The maximum atomic E-state index is 13.3. The van der Waals surface area contributed by atoms with Crippen LogP contribution in [0, 0.1) is 24.1 Å². The van der Waals surface area contributed by atoms with Crippen LogP contribution in [0.5, 0.6) is 0 Å². The number of amidine groups is 1. The lowest BCUT2D eigenvalue weighted by molar-refractivity contribution is 0.438. The zero-order valence-corrected chi connectivity index (χ0v) is 15.8. The first kappa shape index (κ1) is 17.7. The summed E-state index contributed by atoms with van der Waals surface area (Å²) in [7, 11) is 3.42. The molecule has 0 fully saturated rings. The van der Waals surface area contributed by atoms with Crippen molar-refractivity contribution in [3.8, 4) is 6.07 Å². The molecule has 0 amide bonds. The fraction of sp³-hybridized carbons (Fsp3) is 0.312. The highest BCUT2D eigenvalue weighted by Crippen LogP contribution is 2.54. The Hall–Kier alpha value is -2.07. The molecule has 0 saturated heterocycles. The van der Waals surface area contributed by atoms with Gasteiger partial charge in [-0.15, -0.1) is 0 Å². The van der Waals surface area contributed by atoms with E-state index in [1.165, 1.54) is 12.1 Å². The van der Waals surface area contributed by atoms with E-state index >= 15 is 0 Å². The summed E-state index contributed by atoms with van der Waals surface area (Å²) in [6, 6.07) is 8.21. The molecule has 1 aromatic heterocycles. The maximum Gasteiger partial charge on any atom is 0.192 e. The standard InChI is InChI=1S/C16H17FN5OPS/c1-11-14-16(22(20-11)10-4-9-18)19-15(21(2)24(14,25)23-3)12-5-7-13(17)8-6-12/h5-8H,4,10H2,1-3H3/t24-/m1/s1. The molecule has 0 bridgehead atoms. The van der Waals surface area contributed by atoms with Crippen molar-refractivity contribution in [2.45, 2.75) is 19.9 Å². The van der Waals surface area contributed by atoms with Gasteiger partial charge in [-0.25, -0.2) is 14.1 Å². The maximum absolute atomic E-state index is 13.3. The summed E-state index contributed by atoms with van der Waals surface area (Å²) in [5.74, 6) is 0.913. The van der Waals surface area contributed by atoms with E-state index in [2.05, 4.69) is 11.2 Å². The number of rotatable bonds is 4. The van der Waals surface area contributed by atoms with E-state index < -0.39 is 6.42 Å². The molecule has 25 heavy (non-hydrogen) atoms. The summed E-state index contributed by atoms with van der Waals surface area (Å²) in [6.45, 7) is 2.30. The Morgan fingerprint density at radius 2 is 2.04 bits per heavy atom. The monoisotopic (exact) mass is 377 g/mol. The van der Waals surface area contributed by atoms with Gasteiger partial charge in [0.05, 0.1) is 30.0 Å². The highest BCUT2D eigenvalue weighted by molar-refractivity contribution is 8.15. The number of aromatic nitrogens is 2. The van der Waals surface area contributed by atoms with Crippen LogP contribution >= 0.6 is 6.42 Å². The molecule has 1 aliphatic rings. The second-order valence-corrected chi connectivity index (χ2v) is 9.50. The van der Waals surface area contributed by atoms with Gasteiger partial charge in [0.15, 0.2) is 12.2 Å². The van der Waals surface area contributed by atoms with E-state index in [0.29, 0.717) is 24.6 Å². The van der Waals surface area contributed by atoms with Gasteiger partial charge in [0.2, 0.25) is 0 Å². The average Bonchev–Trinajstić information content (AvgIpc) is 2.93. The Bertz CT molecular complexity index is 931. The molecule has 0 N–H and O–H groups in total. The van der Waals surface area contributed by atoms with E-state index in [0.717, 1.165) is 16.6 Å². The van der Waals surface area contributed by atoms with Crippen molar-refractivity contribution in [3.63, 3.8) is 0 Å². The molecule has 1 atom stereocenters. The third-order valence-corrected chi connectivity index (χ3v) is 8.34. The molecule has 9 heteroatoms. The predicted molar refractivity (Wildman–Crippen MR) is 98.5 cm³/mol. The third kappa shape index (κ3) is 2.89. The summed E-state index contributed by atoms with van der Waals surface area (Å²) >= 11 is 5.89. The number of aliphatic imine (C=N–C) groups is 1. The van der Waals surface area contributed by atoms with Crippen LogP contribution in [0.25, 0.3) is 0 Å². The van der Waals surface area contributed by atoms with Crippen LogP contribution in [0.3, 0.4) is 0 Å². The lowest BCUT2D eigenvalue weighted by atomic mass is 10.2. The first-order valence-electron chi connectivity index (χ1n) is 7.62. The van der Waals surface area contributed by atoms with Crippen molar-refractivity contribution < 1.29 is 8.91 Å². The van der Waals surface area contributed by atoms with E-state index in [-0.39, 0.29) is 5.82 Å². The lowest BCUT2D eigenvalue weighted by Crippen LogP contribution is -2.34. The van der Waals surface area contributed by atoms with Crippen molar-refractivity contribution in [2.75, 3.05) is 14.2 Å². The van der Waals surface area contributed by atoms with Gasteiger partial charge in [-0.3, -0.25) is 0 Å². The number of benzene rings is 1. The van der Waals surface area contributed by atoms with E-state index in [4.69, 9.17) is 26.6 Å². The van der Waals surface area contributed by atoms with Crippen LogP contribution in [0.1, 0.15) is 17.7 Å². The number of nitriles is 1. The van der Waals surface area contributed by atoms with Gasteiger partial charge in [0, 0.05) is 19.7 Å². The molecule has 0 unspecified atom stereocenters. The van der Waals surface area contributed by atoms with Crippen molar-refractivity contribution >= 4 is 35.2 Å². The topological polar surface area (TPSA) is 66.4 Å². The second-order valence-electron chi connectivity index (χ2n) is 5.56. The number of halogens is 1. The number of hydrogen-bond acceptors (Lipinski definition) is 5. The fourth-order valence-electron chi connectivity index (χ4n) is 2.82. The smallest absolute Gasteiger partial charge is 0.192 e. The lowest BCUT2D eigenvalue weighted by Gasteiger charge is -2.36. The number of hydrogen-bond donors (Lipinski definition) is 0. The Labute approximate surface area is 150 Å². The normalized spacial score (nSPS) is 19.3. The SMILES string of the molecule is CO[P@@]1(=S)c2c(C)nn(CCC#N)c2N=C(c2ccc(F)cc2)N1C. The van der Waals surface area contributed by atoms with Gasteiger partial charge in [-0.1, -0.05) is 0 Å². The minimum absolute atomic E-state index is 0.315. The van der Waals surface area contributed by atoms with Crippen LogP contribution in [-0.2, 0) is 22.9 Å². The average molecular weight is 377 g/mol. The summed E-state index contributed by atoms with van der Waals surface area (Å²) in [6.07, 6.45) is -2.26. The molecule has 0 radical (unpaired) electrons. The molecular weight excluding hydrogens is 360 g/mol. The second kappa shape index (κ2) is 6.68. The largest absolute Gasteiger partial charge is 0.334 e. The molecular formula is C16H17FN5OPS. The summed E-state index contributed by atoms with van der Waals surface area (Å²) in [4.78, 5) is 4.74. The highest BCUT2D eigenvalue weighted by atomic mass is 32.4. The fourth-order valence-corrected chi connectivity index (χ4v) is 5.71. The van der Waals surface area contributed by atoms with Crippen molar-refractivity contribution in [1.29, 1.82) is 5.26 Å². The molecule has 1 aliphatic heterocycles. The molecule has 6 nitrogen and oxygen atoms in total. The van der Waals surface area contributed by atoms with Crippen molar-refractivity contribution in [1.82, 2.24) is 14.5 Å². The number of nitrogens with zero attached hydrogens (tertiary/aromatic N) is 5. The third-order valence-electron chi connectivity index (χ3n) is 4.05. The van der Waals surface area contributed by atoms with Gasteiger partial charge in [0.1, 0.15) is 11.7 Å². The zero-order chi connectivity index (χ0) is 18.2. The minimum atomic E-state index is -2.58. The van der Waals surface area contributed by atoms with Crippen LogP contribution in [0.2, 0.25) is 0 Å². The van der Waals surface area contributed by atoms with Gasteiger partial charge in [-0.2, -0.15) is 10.4 Å². The van der Waals surface area contributed by atoms with Crippen LogP contribution in [0.4, 0.5) is 10.2 Å². The Morgan fingerprint density at radius 1 is 1.36 bits per heavy atom. The molecule has 130 valence electrons. The van der Waals surface area contributed by atoms with Crippen molar-refractivity contribution in [3.05, 3.63) is 41.3 Å². The quantitative estimate of drug-likeness (QED) is 0.767. The summed E-state index contributed by atoms with van der Waals surface area (Å²) in [5, 5.41) is 14.2. The van der Waals surface area contributed by atoms with E-state index in [9.17, 15) is 4.39 Å². The van der Waals surface area contributed by atoms with E-state index in [1.807, 2.05) is 18.6 Å². The van der Waals surface area contributed by atoms with Crippen LogP contribution < -0.4 is 5.30 Å². The Balaban J connectivity index is 2.22. The Kier molecular flexibility index (Phi) is 4.74. The molecule has 2 heterocycles. The van der Waals surface area contributed by atoms with Gasteiger partial charge >= 0.3 is 0 Å². The van der Waals surface area contributed by atoms with Gasteiger partial charge in [-0.05, 0) is 43.0 Å². The molecule has 3 rings (SSSR count). The molecule has 0 spiro atoms. The summed E-state index contributed by atoms with van der Waals surface area (Å²) in [5.41, 5.74) is 1.50. The molecule has 2 aromatic rings. The van der Waals surface area contributed by atoms with Crippen LogP contribution in [-0.4, -0.2) is 34.4 Å². The molecule has 1 aromatic carbocycles. The Morgan fingerprint density at radius 3 is 2.64 bits per heavy atom. The number of fused-ring (bicyclic) bond motifs is 1. The number of aryl methyl sites for hydroxylation is 2. The molecule has 0 aliphatic carbocycles. The minimum Gasteiger partial charge on any atom is -0.334 e. The van der Waals surface area contributed by atoms with Gasteiger partial charge in [0.25, 0.3) is 0 Å². The zero-order valence-electron chi connectivity index (χ0n) is 14.1.